The Hall–Kier alpha value is -0.550. The van der Waals surface area contributed by atoms with Gasteiger partial charge in [-0.05, 0) is 31.9 Å². The molecule has 0 aromatic heterocycles. The molecule has 1 N–H and O–H groups in total. The quantitative estimate of drug-likeness (QED) is 0.665. The zero-order valence-corrected chi connectivity index (χ0v) is 14.9. The minimum absolute atomic E-state index is 0.0195. The first kappa shape index (κ1) is 18.5. The van der Waals surface area contributed by atoms with Gasteiger partial charge in [-0.15, -0.1) is 0 Å². The van der Waals surface area contributed by atoms with Gasteiger partial charge in [-0.2, -0.15) is 11.8 Å². The van der Waals surface area contributed by atoms with Gasteiger partial charge in [0.05, 0.1) is 12.5 Å². The van der Waals surface area contributed by atoms with Crippen LogP contribution in [0.3, 0.4) is 0 Å². The first-order valence-corrected chi connectivity index (χ1v) is 9.35. The molecule has 0 aliphatic carbocycles. The fourth-order valence-electron chi connectivity index (χ4n) is 3.02. The summed E-state index contributed by atoms with van der Waals surface area (Å²) in [7, 11) is 0. The van der Waals surface area contributed by atoms with Crippen molar-refractivity contribution in [2.45, 2.75) is 76.6 Å². The lowest BCUT2D eigenvalue weighted by atomic mass is 10.0. The van der Waals surface area contributed by atoms with Gasteiger partial charge < -0.3 is 5.32 Å². The molecule has 5 heteroatoms. The molecule has 0 aromatic carbocycles. The molecular weight excluding hydrogens is 284 g/mol. The van der Waals surface area contributed by atoms with E-state index < -0.39 is 0 Å². The van der Waals surface area contributed by atoms with Gasteiger partial charge in [0.25, 0.3) is 0 Å². The van der Waals surface area contributed by atoms with E-state index in [1.807, 2.05) is 25.6 Å². The van der Waals surface area contributed by atoms with Crippen LogP contribution in [0.4, 0.5) is 0 Å². The van der Waals surface area contributed by atoms with E-state index >= 15 is 0 Å². The van der Waals surface area contributed by atoms with Crippen molar-refractivity contribution in [2.75, 3.05) is 12.8 Å². The van der Waals surface area contributed by atoms with Gasteiger partial charge in [0.15, 0.2) is 0 Å². The monoisotopic (exact) mass is 314 g/mol. The maximum atomic E-state index is 12.5. The predicted octanol–water partition coefficient (Wildman–Crippen LogP) is 2.81. The smallest absolute Gasteiger partial charge is 0.247 e. The highest BCUT2D eigenvalue weighted by atomic mass is 32.2. The van der Waals surface area contributed by atoms with Gasteiger partial charge in [0.2, 0.25) is 11.8 Å². The fourth-order valence-corrected chi connectivity index (χ4v) is 3.82. The van der Waals surface area contributed by atoms with Crippen LogP contribution in [0, 0.1) is 0 Å². The van der Waals surface area contributed by atoms with E-state index in [2.05, 4.69) is 25.4 Å². The van der Waals surface area contributed by atoms with Crippen LogP contribution in [0.1, 0.15) is 59.8 Å². The average molecular weight is 314 g/mol. The Kier molecular flexibility index (Phi) is 7.21. The molecule has 1 fully saturated rings. The molecule has 21 heavy (non-hydrogen) atoms. The first-order valence-electron chi connectivity index (χ1n) is 8.12. The SMILES string of the molecule is CCC(CC)N1C(=O)CC(NCC(CC)(CC)SC)C1=O. The summed E-state index contributed by atoms with van der Waals surface area (Å²) in [5, 5.41) is 3.36. The number of rotatable bonds is 9. The Bertz CT molecular complexity index is 357. The third kappa shape index (κ3) is 4.01. The van der Waals surface area contributed by atoms with Crippen molar-refractivity contribution in [2.24, 2.45) is 0 Å². The van der Waals surface area contributed by atoms with Gasteiger partial charge in [-0.25, -0.2) is 0 Å². The highest BCUT2D eigenvalue weighted by molar-refractivity contribution is 8.00. The number of carbonyl (C=O) groups excluding carboxylic acids is 2. The van der Waals surface area contributed by atoms with E-state index in [-0.39, 0.29) is 28.6 Å². The summed E-state index contributed by atoms with van der Waals surface area (Å²) in [4.78, 5) is 26.1. The van der Waals surface area contributed by atoms with E-state index in [1.54, 1.807) is 0 Å². The van der Waals surface area contributed by atoms with Gasteiger partial charge in [-0.1, -0.05) is 27.7 Å². The molecule has 1 atom stereocenters. The van der Waals surface area contributed by atoms with Crippen LogP contribution in [0.2, 0.25) is 0 Å². The molecule has 4 nitrogen and oxygen atoms in total. The Balaban J connectivity index is 2.70. The second kappa shape index (κ2) is 8.18. The van der Waals surface area contributed by atoms with E-state index in [0.29, 0.717) is 6.42 Å². The van der Waals surface area contributed by atoms with E-state index in [1.165, 1.54) is 4.90 Å². The summed E-state index contributed by atoms with van der Waals surface area (Å²) in [6.45, 7) is 9.20. The molecule has 0 aromatic rings. The van der Waals surface area contributed by atoms with Crippen LogP contribution in [-0.2, 0) is 9.59 Å². The van der Waals surface area contributed by atoms with Gasteiger partial charge >= 0.3 is 0 Å². The highest BCUT2D eigenvalue weighted by Crippen LogP contribution is 2.30. The second-order valence-corrected chi connectivity index (χ2v) is 7.08. The number of hydrogen-bond donors (Lipinski definition) is 1. The number of thioether (sulfide) groups is 1. The van der Waals surface area contributed by atoms with Crippen LogP contribution >= 0.6 is 11.8 Å². The molecule has 0 spiro atoms. The van der Waals surface area contributed by atoms with Crippen molar-refractivity contribution in [3.05, 3.63) is 0 Å². The molecule has 2 amide bonds. The normalized spacial score (nSPS) is 19.9. The summed E-state index contributed by atoms with van der Waals surface area (Å²) in [6, 6.07) is -0.276. The van der Waals surface area contributed by atoms with Crippen molar-refractivity contribution >= 4 is 23.6 Å². The van der Waals surface area contributed by atoms with Crippen molar-refractivity contribution < 1.29 is 9.59 Å². The molecule has 1 unspecified atom stereocenters. The molecule has 0 saturated carbocycles. The Labute approximate surface area is 133 Å². The molecule has 1 saturated heterocycles. The van der Waals surface area contributed by atoms with Crippen LogP contribution in [0.25, 0.3) is 0 Å². The largest absolute Gasteiger partial charge is 0.304 e. The Morgan fingerprint density at radius 3 is 2.24 bits per heavy atom. The Morgan fingerprint density at radius 1 is 1.24 bits per heavy atom. The van der Waals surface area contributed by atoms with Crippen molar-refractivity contribution in [3.8, 4) is 0 Å². The van der Waals surface area contributed by atoms with Gasteiger partial charge in [0.1, 0.15) is 0 Å². The zero-order valence-electron chi connectivity index (χ0n) is 14.1. The molecule has 1 rings (SSSR count). The van der Waals surface area contributed by atoms with Crippen molar-refractivity contribution in [3.63, 3.8) is 0 Å². The summed E-state index contributed by atoms with van der Waals surface area (Å²) in [5.74, 6) is -0.0511. The van der Waals surface area contributed by atoms with E-state index in [4.69, 9.17) is 0 Å². The molecule has 1 aliphatic rings. The molecule has 122 valence electrons. The maximum Gasteiger partial charge on any atom is 0.247 e. The summed E-state index contributed by atoms with van der Waals surface area (Å²) in [6.07, 6.45) is 6.21. The second-order valence-electron chi connectivity index (χ2n) is 5.80. The third-order valence-corrected chi connectivity index (χ3v) is 6.47. The average Bonchev–Trinajstić information content (AvgIpc) is 2.78. The number of amides is 2. The molecule has 1 heterocycles. The molecular formula is C16H30N2O2S. The van der Waals surface area contributed by atoms with Crippen molar-refractivity contribution in [1.29, 1.82) is 0 Å². The molecule has 0 radical (unpaired) electrons. The number of likely N-dealkylation sites (tertiary alicyclic amines) is 1. The van der Waals surface area contributed by atoms with Gasteiger partial charge in [0, 0.05) is 17.3 Å². The maximum absolute atomic E-state index is 12.5. The summed E-state index contributed by atoms with van der Waals surface area (Å²) >= 11 is 1.85. The highest BCUT2D eigenvalue weighted by Gasteiger charge is 2.41. The first-order chi connectivity index (χ1) is 9.98. The van der Waals surface area contributed by atoms with Crippen molar-refractivity contribution in [1.82, 2.24) is 10.2 Å². The zero-order chi connectivity index (χ0) is 16.0. The van der Waals surface area contributed by atoms with Crippen LogP contribution in [0.15, 0.2) is 0 Å². The number of hydrogen-bond acceptors (Lipinski definition) is 4. The van der Waals surface area contributed by atoms with Crippen LogP contribution in [0.5, 0.6) is 0 Å². The van der Waals surface area contributed by atoms with Crippen LogP contribution < -0.4 is 5.32 Å². The topological polar surface area (TPSA) is 49.4 Å². The van der Waals surface area contributed by atoms with E-state index in [9.17, 15) is 9.59 Å². The minimum atomic E-state index is -0.331. The standard InChI is InChI=1S/C16H30N2O2S/c1-6-12(7-2)18-14(19)10-13(15(18)20)17-11-16(8-3,9-4)21-5/h12-13,17H,6-11H2,1-5H3. The minimum Gasteiger partial charge on any atom is -0.304 e. The summed E-state index contributed by atoms with van der Waals surface area (Å²) < 4.78 is 0.158. The summed E-state index contributed by atoms with van der Waals surface area (Å²) in [5.41, 5.74) is 0. The third-order valence-electron chi connectivity index (χ3n) is 4.88. The molecule has 0 bridgehead atoms. The lowest BCUT2D eigenvalue weighted by Gasteiger charge is -2.31. The number of carbonyl (C=O) groups is 2. The Morgan fingerprint density at radius 2 is 1.81 bits per heavy atom. The lowest BCUT2D eigenvalue weighted by molar-refractivity contribution is -0.141. The van der Waals surface area contributed by atoms with Gasteiger partial charge in [-0.3, -0.25) is 14.5 Å². The van der Waals surface area contributed by atoms with Crippen LogP contribution in [-0.4, -0.2) is 46.3 Å². The number of nitrogens with zero attached hydrogens (tertiary/aromatic N) is 1. The fraction of sp³-hybridized carbons (Fsp3) is 0.875. The van der Waals surface area contributed by atoms with E-state index in [0.717, 1.165) is 32.2 Å². The number of nitrogens with one attached hydrogen (secondary N) is 1. The molecule has 1 aliphatic heterocycles. The lowest BCUT2D eigenvalue weighted by Crippen LogP contribution is -2.47. The number of imide groups is 1. The predicted molar refractivity (Wildman–Crippen MR) is 89.5 cm³/mol.